The van der Waals surface area contributed by atoms with E-state index in [4.69, 9.17) is 16.3 Å². The number of rotatable bonds is 6. The van der Waals surface area contributed by atoms with E-state index in [0.717, 1.165) is 29.9 Å². The van der Waals surface area contributed by atoms with Gasteiger partial charge in [0.2, 0.25) is 5.28 Å². The largest absolute Gasteiger partial charge is 0.497 e. The summed E-state index contributed by atoms with van der Waals surface area (Å²) < 4.78 is 7.43. The Labute approximate surface area is 157 Å². The smallest absolute Gasteiger partial charge is 0.226 e. The number of halogens is 1. The molecule has 4 rings (SSSR count). The van der Waals surface area contributed by atoms with E-state index in [0.29, 0.717) is 11.9 Å². The topological polar surface area (TPSA) is 64.9 Å². The van der Waals surface area contributed by atoms with Crippen LogP contribution in [0.25, 0.3) is 11.2 Å². The lowest BCUT2D eigenvalue weighted by Gasteiger charge is -2.12. The van der Waals surface area contributed by atoms with Crippen LogP contribution in [0.3, 0.4) is 0 Å². The van der Waals surface area contributed by atoms with Gasteiger partial charge in [0.15, 0.2) is 17.0 Å². The highest BCUT2D eigenvalue weighted by atomic mass is 35.5. The second kappa shape index (κ2) is 7.50. The number of nitrogens with one attached hydrogen (secondary N) is 1. The van der Waals surface area contributed by atoms with Crippen LogP contribution in [0.2, 0.25) is 5.28 Å². The predicted molar refractivity (Wildman–Crippen MR) is 103 cm³/mol. The van der Waals surface area contributed by atoms with Gasteiger partial charge in [-0.15, -0.1) is 0 Å². The minimum absolute atomic E-state index is 0.251. The molecule has 1 fully saturated rings. The monoisotopic (exact) mass is 371 g/mol. The van der Waals surface area contributed by atoms with Crippen molar-refractivity contribution >= 4 is 28.6 Å². The summed E-state index contributed by atoms with van der Waals surface area (Å²) in [6.45, 7) is 0.728. The Balaban J connectivity index is 1.52. The van der Waals surface area contributed by atoms with E-state index < -0.39 is 0 Å². The average molecular weight is 372 g/mol. The minimum atomic E-state index is 0.251. The van der Waals surface area contributed by atoms with Crippen LogP contribution < -0.4 is 10.1 Å². The molecule has 26 heavy (non-hydrogen) atoms. The fraction of sp³-hybridized carbons (Fsp3) is 0.421. The van der Waals surface area contributed by atoms with Crippen LogP contribution in [0.5, 0.6) is 5.75 Å². The van der Waals surface area contributed by atoms with Crippen LogP contribution in [0.1, 0.15) is 37.3 Å². The predicted octanol–water partition coefficient (Wildman–Crippen LogP) is 4.26. The minimum Gasteiger partial charge on any atom is -0.497 e. The molecule has 0 bridgehead atoms. The van der Waals surface area contributed by atoms with E-state index in [-0.39, 0.29) is 5.28 Å². The maximum atomic E-state index is 6.18. The van der Waals surface area contributed by atoms with Gasteiger partial charge in [-0.3, -0.25) is 0 Å². The number of nitrogens with zero attached hydrogens (tertiary/aromatic N) is 4. The number of imidazole rings is 1. The van der Waals surface area contributed by atoms with Crippen molar-refractivity contribution in [3.8, 4) is 5.75 Å². The highest BCUT2D eigenvalue weighted by Crippen LogP contribution is 2.32. The molecule has 0 atom stereocenters. The van der Waals surface area contributed by atoms with E-state index in [2.05, 4.69) is 30.9 Å². The molecule has 0 amide bonds. The molecule has 1 aliphatic rings. The molecular weight excluding hydrogens is 350 g/mol. The first-order valence-electron chi connectivity index (χ1n) is 9.01. The van der Waals surface area contributed by atoms with Gasteiger partial charge in [-0.25, -0.2) is 4.98 Å². The summed E-state index contributed by atoms with van der Waals surface area (Å²) in [5.74, 6) is 1.56. The third-order valence-corrected chi connectivity index (χ3v) is 5.12. The summed E-state index contributed by atoms with van der Waals surface area (Å²) in [4.78, 5) is 13.3. The van der Waals surface area contributed by atoms with Crippen molar-refractivity contribution in [1.29, 1.82) is 0 Å². The normalized spacial score (nSPS) is 14.8. The molecule has 1 saturated carbocycles. The zero-order chi connectivity index (χ0) is 17.9. The van der Waals surface area contributed by atoms with Crippen LogP contribution in [-0.4, -0.2) is 33.2 Å². The van der Waals surface area contributed by atoms with Gasteiger partial charge in [0.25, 0.3) is 0 Å². The maximum Gasteiger partial charge on any atom is 0.226 e. The number of fused-ring (bicyclic) bond motifs is 1. The second-order valence-electron chi connectivity index (χ2n) is 6.63. The molecule has 3 aromatic rings. The third kappa shape index (κ3) is 3.46. The Morgan fingerprint density at radius 3 is 2.92 bits per heavy atom. The summed E-state index contributed by atoms with van der Waals surface area (Å²) >= 11 is 6.18. The number of aromatic nitrogens is 4. The summed E-state index contributed by atoms with van der Waals surface area (Å²) in [5, 5.41) is 3.62. The second-order valence-corrected chi connectivity index (χ2v) is 6.97. The molecule has 0 unspecified atom stereocenters. The molecule has 1 N–H and O–H groups in total. The first-order valence-corrected chi connectivity index (χ1v) is 9.39. The summed E-state index contributed by atoms with van der Waals surface area (Å²) in [7, 11) is 1.68. The number of hydrogen-bond acceptors (Lipinski definition) is 5. The Morgan fingerprint density at radius 1 is 1.27 bits per heavy atom. The highest BCUT2D eigenvalue weighted by Gasteiger charge is 2.21. The average Bonchev–Trinajstić information content (AvgIpc) is 3.31. The van der Waals surface area contributed by atoms with Crippen LogP contribution in [0.4, 0.5) is 5.82 Å². The molecule has 0 radical (unpaired) electrons. The Morgan fingerprint density at radius 2 is 2.12 bits per heavy atom. The SMILES string of the molecule is COc1cccc(CCNc2nc(Cl)nc3c2ncn3C2CCCC2)c1. The van der Waals surface area contributed by atoms with Gasteiger partial charge in [0.1, 0.15) is 5.75 Å². The molecule has 1 aromatic carbocycles. The molecule has 0 aliphatic heterocycles. The van der Waals surface area contributed by atoms with Gasteiger partial charge in [-0.1, -0.05) is 25.0 Å². The van der Waals surface area contributed by atoms with E-state index in [1.165, 1.54) is 31.2 Å². The lowest BCUT2D eigenvalue weighted by Crippen LogP contribution is -2.09. The molecule has 6 nitrogen and oxygen atoms in total. The summed E-state index contributed by atoms with van der Waals surface area (Å²) in [6, 6.07) is 8.54. The van der Waals surface area contributed by atoms with Crippen molar-refractivity contribution in [3.05, 3.63) is 41.4 Å². The van der Waals surface area contributed by atoms with Crippen molar-refractivity contribution < 1.29 is 4.74 Å². The van der Waals surface area contributed by atoms with E-state index in [1.807, 2.05) is 24.5 Å². The van der Waals surface area contributed by atoms with Crippen LogP contribution in [-0.2, 0) is 6.42 Å². The number of ether oxygens (including phenoxy) is 1. The Kier molecular flexibility index (Phi) is 4.93. The number of benzene rings is 1. The van der Waals surface area contributed by atoms with E-state index in [9.17, 15) is 0 Å². The number of hydrogen-bond donors (Lipinski definition) is 1. The van der Waals surface area contributed by atoms with Gasteiger partial charge in [0, 0.05) is 12.6 Å². The van der Waals surface area contributed by atoms with Gasteiger partial charge in [-0.2, -0.15) is 9.97 Å². The van der Waals surface area contributed by atoms with Gasteiger partial charge >= 0.3 is 0 Å². The molecule has 2 aromatic heterocycles. The molecule has 1 aliphatic carbocycles. The third-order valence-electron chi connectivity index (χ3n) is 4.95. The quantitative estimate of drug-likeness (QED) is 0.656. The number of anilines is 1. The van der Waals surface area contributed by atoms with Crippen molar-refractivity contribution in [2.24, 2.45) is 0 Å². The summed E-state index contributed by atoms with van der Waals surface area (Å²) in [6.07, 6.45) is 7.59. The molecule has 0 spiro atoms. The molecule has 2 heterocycles. The first-order chi connectivity index (χ1) is 12.7. The fourth-order valence-electron chi connectivity index (χ4n) is 3.62. The maximum absolute atomic E-state index is 6.18. The van der Waals surface area contributed by atoms with E-state index >= 15 is 0 Å². The van der Waals surface area contributed by atoms with Crippen LogP contribution in [0, 0.1) is 0 Å². The van der Waals surface area contributed by atoms with E-state index in [1.54, 1.807) is 7.11 Å². The van der Waals surface area contributed by atoms with Crippen molar-refractivity contribution in [3.63, 3.8) is 0 Å². The van der Waals surface area contributed by atoms with Crippen molar-refractivity contribution in [2.45, 2.75) is 38.1 Å². The van der Waals surface area contributed by atoms with Gasteiger partial charge in [-0.05, 0) is 48.6 Å². The molecule has 0 saturated heterocycles. The standard InChI is InChI=1S/C19H22ClN5O/c1-26-15-8-4-5-13(11-15)9-10-21-17-16-18(24-19(20)23-17)25(12-22-16)14-6-2-3-7-14/h4-5,8,11-12,14H,2-3,6-7,9-10H2,1H3,(H,21,23,24). The molecular formula is C19H22ClN5O. The molecule has 136 valence electrons. The van der Waals surface area contributed by atoms with Crippen LogP contribution in [0.15, 0.2) is 30.6 Å². The number of methoxy groups -OCH3 is 1. The van der Waals surface area contributed by atoms with Crippen LogP contribution >= 0.6 is 11.6 Å². The first kappa shape index (κ1) is 17.1. The lowest BCUT2D eigenvalue weighted by molar-refractivity contribution is 0.414. The van der Waals surface area contributed by atoms with Gasteiger partial charge in [0.05, 0.1) is 13.4 Å². The lowest BCUT2D eigenvalue weighted by atomic mass is 10.1. The summed E-state index contributed by atoms with van der Waals surface area (Å²) in [5.41, 5.74) is 2.80. The molecule has 7 heteroatoms. The highest BCUT2D eigenvalue weighted by molar-refractivity contribution is 6.28. The fourth-order valence-corrected chi connectivity index (χ4v) is 3.78. The van der Waals surface area contributed by atoms with Gasteiger partial charge < -0.3 is 14.6 Å². The van der Waals surface area contributed by atoms with Crippen molar-refractivity contribution in [1.82, 2.24) is 19.5 Å². The zero-order valence-corrected chi connectivity index (χ0v) is 15.5. The van der Waals surface area contributed by atoms with Crippen molar-refractivity contribution in [2.75, 3.05) is 19.0 Å². The zero-order valence-electron chi connectivity index (χ0n) is 14.8. The Hall–Kier alpha value is -2.34. The Bertz CT molecular complexity index is 904.